The molecule has 0 saturated heterocycles. The monoisotopic (exact) mass is 369 g/mol. The fourth-order valence-electron chi connectivity index (χ4n) is 3.35. The number of fused-ring (bicyclic) bond motifs is 3. The van der Waals surface area contributed by atoms with Crippen molar-refractivity contribution in [2.24, 2.45) is 4.99 Å². The second-order valence-corrected chi connectivity index (χ2v) is 7.24. The summed E-state index contributed by atoms with van der Waals surface area (Å²) in [6.45, 7) is 7.21. The van der Waals surface area contributed by atoms with Crippen LogP contribution in [0.5, 0.6) is 0 Å². The van der Waals surface area contributed by atoms with Gasteiger partial charge in [0.15, 0.2) is 0 Å². The number of hydrogen-bond acceptors (Lipinski definition) is 3. The molecule has 0 saturated carbocycles. The van der Waals surface area contributed by atoms with Gasteiger partial charge in [-0.25, -0.2) is 0 Å². The van der Waals surface area contributed by atoms with Gasteiger partial charge >= 0.3 is 0 Å². The third-order valence-electron chi connectivity index (χ3n) is 4.68. The maximum absolute atomic E-state index is 4.82. The molecule has 2 aliphatic rings. The van der Waals surface area contributed by atoms with Gasteiger partial charge in [0, 0.05) is 17.6 Å². The Hall–Kier alpha value is -1.81. The van der Waals surface area contributed by atoms with Crippen molar-refractivity contribution in [1.82, 2.24) is 0 Å². The predicted molar refractivity (Wildman–Crippen MR) is 101 cm³/mol. The topological polar surface area (TPSA) is 18.8 Å². The van der Waals surface area contributed by atoms with Crippen LogP contribution in [0, 0.1) is 13.8 Å². The number of benzene rings is 2. The van der Waals surface area contributed by atoms with Gasteiger partial charge in [0.2, 0.25) is 5.96 Å². The van der Waals surface area contributed by atoms with Gasteiger partial charge < -0.3 is 9.80 Å². The van der Waals surface area contributed by atoms with Gasteiger partial charge in [0.25, 0.3) is 0 Å². The molecule has 4 heteroatoms. The van der Waals surface area contributed by atoms with Crippen LogP contribution in [-0.2, 0) is 6.54 Å². The number of hydrogen-bond donors (Lipinski definition) is 0. The number of rotatable bonds is 2. The lowest BCUT2D eigenvalue weighted by Crippen LogP contribution is -2.41. The van der Waals surface area contributed by atoms with Crippen LogP contribution in [0.15, 0.2) is 45.9 Å². The lowest BCUT2D eigenvalue weighted by molar-refractivity contribution is 0.784. The molecule has 0 fully saturated rings. The second kappa shape index (κ2) is 5.68. The normalized spacial score (nSPS) is 16.2. The average molecular weight is 370 g/mol. The molecule has 0 atom stereocenters. The first kappa shape index (κ1) is 14.8. The fraction of sp³-hybridized carbons (Fsp3) is 0.316. The molecular formula is C19H20BrN3. The number of aliphatic imine (C=N–C) groups is 1. The molecule has 2 heterocycles. The zero-order chi connectivity index (χ0) is 16.0. The summed E-state index contributed by atoms with van der Waals surface area (Å²) in [7, 11) is 0. The maximum atomic E-state index is 4.82. The maximum Gasteiger partial charge on any atom is 0.206 e. The van der Waals surface area contributed by atoms with Gasteiger partial charge in [-0.1, -0.05) is 28.1 Å². The van der Waals surface area contributed by atoms with E-state index in [-0.39, 0.29) is 0 Å². The van der Waals surface area contributed by atoms with Crippen molar-refractivity contribution in [2.45, 2.75) is 26.8 Å². The molecule has 0 bridgehead atoms. The summed E-state index contributed by atoms with van der Waals surface area (Å²) >= 11 is 3.57. The number of aryl methyl sites for hydroxylation is 2. The summed E-state index contributed by atoms with van der Waals surface area (Å²) in [6.07, 6.45) is 1.13. The van der Waals surface area contributed by atoms with Crippen LogP contribution in [0.3, 0.4) is 0 Å². The van der Waals surface area contributed by atoms with E-state index in [1.807, 2.05) is 0 Å². The molecule has 0 spiro atoms. The van der Waals surface area contributed by atoms with Crippen LogP contribution in [0.25, 0.3) is 0 Å². The van der Waals surface area contributed by atoms with Crippen molar-refractivity contribution < 1.29 is 0 Å². The Kier molecular flexibility index (Phi) is 3.64. The van der Waals surface area contributed by atoms with Crippen LogP contribution in [0.4, 0.5) is 11.4 Å². The van der Waals surface area contributed by atoms with Crippen LogP contribution in [0.2, 0.25) is 0 Å². The third-order valence-corrected chi connectivity index (χ3v) is 5.17. The van der Waals surface area contributed by atoms with E-state index in [1.54, 1.807) is 0 Å². The Morgan fingerprint density at radius 2 is 1.87 bits per heavy atom. The first-order chi connectivity index (χ1) is 11.1. The smallest absolute Gasteiger partial charge is 0.206 e. The first-order valence-corrected chi connectivity index (χ1v) is 8.88. The summed E-state index contributed by atoms with van der Waals surface area (Å²) in [4.78, 5) is 9.56. The molecular weight excluding hydrogens is 350 g/mol. The fourth-order valence-corrected chi connectivity index (χ4v) is 3.80. The Bertz CT molecular complexity index is 797. The van der Waals surface area contributed by atoms with Crippen LogP contribution >= 0.6 is 15.9 Å². The van der Waals surface area contributed by atoms with Crippen molar-refractivity contribution in [3.8, 4) is 0 Å². The highest BCUT2D eigenvalue weighted by Crippen LogP contribution is 2.41. The van der Waals surface area contributed by atoms with Crippen molar-refractivity contribution >= 4 is 33.3 Å². The van der Waals surface area contributed by atoms with Gasteiger partial charge in [-0.15, -0.1) is 0 Å². The predicted octanol–water partition coefficient (Wildman–Crippen LogP) is 4.65. The van der Waals surface area contributed by atoms with Crippen molar-refractivity contribution in [2.75, 3.05) is 22.9 Å². The summed E-state index contributed by atoms with van der Waals surface area (Å²) in [5.74, 6) is 1.11. The Morgan fingerprint density at radius 3 is 2.65 bits per heavy atom. The minimum Gasteiger partial charge on any atom is -0.310 e. The highest BCUT2D eigenvalue weighted by Gasteiger charge is 2.34. The molecule has 0 radical (unpaired) electrons. The minimum absolute atomic E-state index is 0.851. The van der Waals surface area contributed by atoms with Gasteiger partial charge in [-0.3, -0.25) is 4.99 Å². The molecule has 23 heavy (non-hydrogen) atoms. The van der Waals surface area contributed by atoms with E-state index in [0.29, 0.717) is 0 Å². The Balaban J connectivity index is 1.79. The van der Waals surface area contributed by atoms with E-state index < -0.39 is 0 Å². The van der Waals surface area contributed by atoms with E-state index in [9.17, 15) is 0 Å². The first-order valence-electron chi connectivity index (χ1n) is 8.09. The van der Waals surface area contributed by atoms with Gasteiger partial charge in [0.1, 0.15) is 0 Å². The van der Waals surface area contributed by atoms with Crippen molar-refractivity contribution in [3.63, 3.8) is 0 Å². The van der Waals surface area contributed by atoms with Crippen molar-refractivity contribution in [1.29, 1.82) is 0 Å². The summed E-state index contributed by atoms with van der Waals surface area (Å²) in [5.41, 5.74) is 6.57. The number of guanidine groups is 1. The minimum atomic E-state index is 0.851. The van der Waals surface area contributed by atoms with E-state index in [1.165, 1.54) is 28.1 Å². The van der Waals surface area contributed by atoms with E-state index in [4.69, 9.17) is 4.99 Å². The molecule has 0 aliphatic carbocycles. The largest absolute Gasteiger partial charge is 0.310 e. The zero-order valence-corrected chi connectivity index (χ0v) is 15.1. The van der Waals surface area contributed by atoms with E-state index in [0.717, 1.165) is 36.5 Å². The number of halogens is 1. The molecule has 2 aromatic carbocycles. The molecule has 0 N–H and O–H groups in total. The van der Waals surface area contributed by atoms with Gasteiger partial charge in [-0.2, -0.15) is 0 Å². The second-order valence-electron chi connectivity index (χ2n) is 6.33. The molecule has 4 rings (SSSR count). The lowest BCUT2D eigenvalue weighted by Gasteiger charge is -2.27. The third kappa shape index (κ3) is 2.55. The SMILES string of the molecule is Cc1cc2c(cc1C)N(Cc1cccc(Br)c1)C1=NCCCN12. The Labute approximate surface area is 145 Å². The molecule has 2 aromatic rings. The quantitative estimate of drug-likeness (QED) is 0.766. The van der Waals surface area contributed by atoms with Crippen LogP contribution in [-0.4, -0.2) is 19.0 Å². The van der Waals surface area contributed by atoms with E-state index >= 15 is 0 Å². The number of anilines is 2. The van der Waals surface area contributed by atoms with Gasteiger partial charge in [-0.05, 0) is 61.2 Å². The van der Waals surface area contributed by atoms with Crippen LogP contribution in [0.1, 0.15) is 23.1 Å². The summed E-state index contributed by atoms with van der Waals surface area (Å²) in [5, 5.41) is 0. The molecule has 118 valence electrons. The van der Waals surface area contributed by atoms with Gasteiger partial charge in [0.05, 0.1) is 17.9 Å². The number of nitrogens with zero attached hydrogens (tertiary/aromatic N) is 3. The molecule has 2 aliphatic heterocycles. The summed E-state index contributed by atoms with van der Waals surface area (Å²) < 4.78 is 1.12. The zero-order valence-electron chi connectivity index (χ0n) is 13.5. The summed E-state index contributed by atoms with van der Waals surface area (Å²) in [6, 6.07) is 13.1. The van der Waals surface area contributed by atoms with E-state index in [2.05, 4.69) is 76.0 Å². The lowest BCUT2D eigenvalue weighted by atomic mass is 10.1. The molecule has 3 nitrogen and oxygen atoms in total. The standard InChI is InChI=1S/C19H20BrN3/c1-13-9-17-18(10-14(13)2)23(19-21-7-4-8-22(17)19)12-15-5-3-6-16(20)11-15/h3,5-6,9-11H,4,7-8,12H2,1-2H3. The molecule has 0 amide bonds. The Morgan fingerprint density at radius 1 is 1.09 bits per heavy atom. The molecule has 0 unspecified atom stereocenters. The molecule has 0 aromatic heterocycles. The highest BCUT2D eigenvalue weighted by molar-refractivity contribution is 9.10. The van der Waals surface area contributed by atoms with Crippen molar-refractivity contribution in [3.05, 3.63) is 57.6 Å². The highest BCUT2D eigenvalue weighted by atomic mass is 79.9. The average Bonchev–Trinajstić information content (AvgIpc) is 2.82. The van der Waals surface area contributed by atoms with Crippen LogP contribution < -0.4 is 9.80 Å².